The third-order valence-corrected chi connectivity index (χ3v) is 3.35. The Morgan fingerprint density at radius 2 is 1.80 bits per heavy atom. The second kappa shape index (κ2) is 6.19. The molecule has 4 nitrogen and oxygen atoms in total. The van der Waals surface area contributed by atoms with Crippen LogP contribution in [0.15, 0.2) is 42.5 Å². The maximum Gasteiger partial charge on any atom is 0.269 e. The van der Waals surface area contributed by atoms with E-state index >= 15 is 0 Å². The number of rotatable bonds is 5. The van der Waals surface area contributed by atoms with Gasteiger partial charge < -0.3 is 4.74 Å². The van der Waals surface area contributed by atoms with Crippen LogP contribution in [-0.4, -0.2) is 11.5 Å². The highest BCUT2D eigenvalue weighted by Crippen LogP contribution is 2.21. The summed E-state index contributed by atoms with van der Waals surface area (Å²) in [7, 11) is 0. The van der Waals surface area contributed by atoms with Crippen molar-refractivity contribution >= 4 is 5.69 Å². The first-order chi connectivity index (χ1) is 9.58. The van der Waals surface area contributed by atoms with Gasteiger partial charge in [0.2, 0.25) is 0 Å². The zero-order chi connectivity index (χ0) is 14.5. The molecule has 0 bridgehead atoms. The first-order valence-corrected chi connectivity index (χ1v) is 6.50. The normalized spacial score (nSPS) is 10.3. The summed E-state index contributed by atoms with van der Waals surface area (Å²) >= 11 is 0. The van der Waals surface area contributed by atoms with E-state index < -0.39 is 4.92 Å². The number of hydrogen-bond donors (Lipinski definition) is 0. The predicted octanol–water partition coefficient (Wildman–Crippen LogP) is 3.83. The second-order valence-electron chi connectivity index (χ2n) is 4.72. The molecule has 0 aliphatic carbocycles. The molecule has 0 unspecified atom stereocenters. The van der Waals surface area contributed by atoms with Gasteiger partial charge in [0.15, 0.2) is 0 Å². The number of ether oxygens (including phenoxy) is 1. The largest absolute Gasteiger partial charge is 0.493 e. The fourth-order valence-electron chi connectivity index (χ4n) is 1.94. The number of nitro groups is 1. The van der Waals surface area contributed by atoms with Crippen LogP contribution < -0.4 is 4.74 Å². The highest BCUT2D eigenvalue weighted by atomic mass is 16.6. The van der Waals surface area contributed by atoms with Crippen LogP contribution in [0.5, 0.6) is 5.75 Å². The second-order valence-corrected chi connectivity index (χ2v) is 4.72. The van der Waals surface area contributed by atoms with Crippen LogP contribution in [0.25, 0.3) is 0 Å². The van der Waals surface area contributed by atoms with Gasteiger partial charge >= 0.3 is 0 Å². The molecule has 20 heavy (non-hydrogen) atoms. The van der Waals surface area contributed by atoms with Crippen molar-refractivity contribution in [2.24, 2.45) is 0 Å². The average molecular weight is 271 g/mol. The fourth-order valence-corrected chi connectivity index (χ4v) is 1.94. The van der Waals surface area contributed by atoms with Gasteiger partial charge in [0.1, 0.15) is 5.75 Å². The first-order valence-electron chi connectivity index (χ1n) is 6.50. The van der Waals surface area contributed by atoms with Gasteiger partial charge in [0.25, 0.3) is 5.69 Å². The Balaban J connectivity index is 1.92. The van der Waals surface area contributed by atoms with Gasteiger partial charge in [-0.15, -0.1) is 0 Å². The molecule has 4 heteroatoms. The lowest BCUT2D eigenvalue weighted by Crippen LogP contribution is -2.03. The van der Waals surface area contributed by atoms with E-state index in [1.54, 1.807) is 12.1 Å². The summed E-state index contributed by atoms with van der Waals surface area (Å²) in [5.74, 6) is 0.895. The predicted molar refractivity (Wildman–Crippen MR) is 78.2 cm³/mol. The lowest BCUT2D eigenvalue weighted by Gasteiger charge is -2.10. The van der Waals surface area contributed by atoms with Crippen molar-refractivity contribution in [2.75, 3.05) is 6.61 Å². The van der Waals surface area contributed by atoms with Gasteiger partial charge in [-0.1, -0.05) is 24.3 Å². The van der Waals surface area contributed by atoms with E-state index in [9.17, 15) is 10.1 Å². The Morgan fingerprint density at radius 3 is 2.45 bits per heavy atom. The van der Waals surface area contributed by atoms with Crippen LogP contribution in [0.3, 0.4) is 0 Å². The van der Waals surface area contributed by atoms with E-state index in [2.05, 4.69) is 13.0 Å². The third-order valence-electron chi connectivity index (χ3n) is 3.35. The number of aryl methyl sites for hydroxylation is 1. The lowest BCUT2D eigenvalue weighted by molar-refractivity contribution is -0.384. The minimum absolute atomic E-state index is 0.115. The molecule has 0 aliphatic heterocycles. The molecule has 0 fully saturated rings. The minimum Gasteiger partial charge on any atom is -0.493 e. The van der Waals surface area contributed by atoms with Gasteiger partial charge in [-0.2, -0.15) is 0 Å². The average Bonchev–Trinajstić information content (AvgIpc) is 2.44. The molecule has 0 aromatic heterocycles. The topological polar surface area (TPSA) is 52.4 Å². The van der Waals surface area contributed by atoms with Crippen molar-refractivity contribution in [2.45, 2.75) is 20.3 Å². The summed E-state index contributed by atoms with van der Waals surface area (Å²) in [5, 5.41) is 10.6. The molecule has 0 atom stereocenters. The number of hydrogen-bond acceptors (Lipinski definition) is 3. The summed E-state index contributed by atoms with van der Waals surface area (Å²) in [5.41, 5.74) is 3.50. The standard InChI is InChI=1S/C16H17NO3/c1-12-4-3-5-16(13(12)2)20-11-10-14-6-8-15(9-7-14)17(18)19/h3-9H,10-11H2,1-2H3. The van der Waals surface area contributed by atoms with E-state index in [-0.39, 0.29) is 5.69 Å². The Bertz CT molecular complexity index is 606. The number of nitrogens with zero attached hydrogens (tertiary/aromatic N) is 1. The molecule has 0 saturated heterocycles. The van der Waals surface area contributed by atoms with Crippen LogP contribution in [0, 0.1) is 24.0 Å². The summed E-state index contributed by atoms with van der Waals surface area (Å²) in [6.07, 6.45) is 0.728. The molecule has 2 aromatic rings. The molecular weight excluding hydrogens is 254 g/mol. The van der Waals surface area contributed by atoms with Gasteiger partial charge in [-0.3, -0.25) is 10.1 Å². The van der Waals surface area contributed by atoms with Crippen LogP contribution in [0.4, 0.5) is 5.69 Å². The van der Waals surface area contributed by atoms with Crippen molar-refractivity contribution in [3.8, 4) is 5.75 Å². The van der Waals surface area contributed by atoms with Crippen LogP contribution in [0.1, 0.15) is 16.7 Å². The van der Waals surface area contributed by atoms with Gasteiger partial charge in [-0.25, -0.2) is 0 Å². The molecule has 0 spiro atoms. The summed E-state index contributed by atoms with van der Waals surface area (Å²) in [6.45, 7) is 4.65. The number of benzene rings is 2. The summed E-state index contributed by atoms with van der Waals surface area (Å²) in [4.78, 5) is 10.2. The van der Waals surface area contributed by atoms with Crippen LogP contribution >= 0.6 is 0 Å². The Morgan fingerprint density at radius 1 is 1.10 bits per heavy atom. The van der Waals surface area contributed by atoms with Crippen molar-refractivity contribution in [1.29, 1.82) is 0 Å². The monoisotopic (exact) mass is 271 g/mol. The first kappa shape index (κ1) is 14.1. The van der Waals surface area contributed by atoms with E-state index in [4.69, 9.17) is 4.74 Å². The molecule has 2 rings (SSSR count). The van der Waals surface area contributed by atoms with Crippen LogP contribution in [-0.2, 0) is 6.42 Å². The quantitative estimate of drug-likeness (QED) is 0.613. The molecule has 0 saturated carbocycles. The molecule has 0 aliphatic rings. The van der Waals surface area contributed by atoms with Crippen molar-refractivity contribution in [1.82, 2.24) is 0 Å². The van der Waals surface area contributed by atoms with E-state index in [0.29, 0.717) is 6.61 Å². The van der Waals surface area contributed by atoms with Gasteiger partial charge in [-0.05, 0) is 36.6 Å². The minimum atomic E-state index is -0.392. The summed E-state index contributed by atoms with van der Waals surface area (Å²) < 4.78 is 5.77. The Hall–Kier alpha value is -2.36. The highest BCUT2D eigenvalue weighted by molar-refractivity contribution is 5.38. The Labute approximate surface area is 118 Å². The molecule has 0 N–H and O–H groups in total. The maximum absolute atomic E-state index is 10.6. The molecule has 0 radical (unpaired) electrons. The molecule has 0 amide bonds. The summed E-state index contributed by atoms with van der Waals surface area (Å²) in [6, 6.07) is 12.6. The van der Waals surface area contributed by atoms with E-state index in [0.717, 1.165) is 23.3 Å². The van der Waals surface area contributed by atoms with E-state index in [1.807, 2.05) is 19.1 Å². The smallest absolute Gasteiger partial charge is 0.269 e. The Kier molecular flexibility index (Phi) is 4.35. The van der Waals surface area contributed by atoms with Crippen LogP contribution in [0.2, 0.25) is 0 Å². The van der Waals surface area contributed by atoms with Gasteiger partial charge in [0, 0.05) is 18.6 Å². The zero-order valence-corrected chi connectivity index (χ0v) is 11.6. The lowest BCUT2D eigenvalue weighted by atomic mass is 10.1. The van der Waals surface area contributed by atoms with Gasteiger partial charge in [0.05, 0.1) is 11.5 Å². The molecule has 0 heterocycles. The molecule has 104 valence electrons. The third kappa shape index (κ3) is 3.35. The molecular formula is C16H17NO3. The number of nitro benzene ring substituents is 1. The van der Waals surface area contributed by atoms with Crippen molar-refractivity contribution in [3.05, 3.63) is 69.3 Å². The fraction of sp³-hybridized carbons (Fsp3) is 0.250. The highest BCUT2D eigenvalue weighted by Gasteiger charge is 2.05. The van der Waals surface area contributed by atoms with Crippen molar-refractivity contribution in [3.63, 3.8) is 0 Å². The van der Waals surface area contributed by atoms with E-state index in [1.165, 1.54) is 17.7 Å². The maximum atomic E-state index is 10.6. The zero-order valence-electron chi connectivity index (χ0n) is 11.6. The van der Waals surface area contributed by atoms with Crippen molar-refractivity contribution < 1.29 is 9.66 Å². The molecule has 2 aromatic carbocycles. The SMILES string of the molecule is Cc1cccc(OCCc2ccc([N+](=O)[O-])cc2)c1C. The number of non-ortho nitro benzene ring substituents is 1.